The first-order valence-electron chi connectivity index (χ1n) is 7.49. The molecule has 3 saturated heterocycles. The zero-order valence-electron chi connectivity index (χ0n) is 11.0. The molecule has 18 heavy (non-hydrogen) atoms. The van der Waals surface area contributed by atoms with Crippen molar-refractivity contribution < 1.29 is 0 Å². The number of fused-ring (bicyclic) bond motifs is 4. The summed E-state index contributed by atoms with van der Waals surface area (Å²) in [6, 6.07) is 7.72. The maximum Gasteiger partial charge on any atom is 0.0417 e. The van der Waals surface area contributed by atoms with E-state index in [9.17, 15) is 0 Å². The molecular weight excluding hydrogens is 220 g/mol. The van der Waals surface area contributed by atoms with Crippen molar-refractivity contribution in [2.45, 2.75) is 38.1 Å². The van der Waals surface area contributed by atoms with Gasteiger partial charge in [0.2, 0.25) is 0 Å². The van der Waals surface area contributed by atoms with Gasteiger partial charge in [-0.15, -0.1) is 0 Å². The van der Waals surface area contributed by atoms with Crippen molar-refractivity contribution in [3.63, 3.8) is 0 Å². The molecule has 96 valence electrons. The zero-order chi connectivity index (χ0) is 11.9. The van der Waals surface area contributed by atoms with Crippen LogP contribution < -0.4 is 5.32 Å². The molecule has 0 saturated carbocycles. The highest BCUT2D eigenvalue weighted by Gasteiger charge is 2.33. The van der Waals surface area contributed by atoms with Crippen molar-refractivity contribution >= 4 is 5.69 Å². The lowest BCUT2D eigenvalue weighted by Crippen LogP contribution is -2.53. The quantitative estimate of drug-likeness (QED) is 0.858. The lowest BCUT2D eigenvalue weighted by Gasteiger charge is -2.45. The van der Waals surface area contributed by atoms with Crippen LogP contribution in [0, 0.1) is 5.92 Å². The van der Waals surface area contributed by atoms with Crippen LogP contribution in [0.15, 0.2) is 18.2 Å². The van der Waals surface area contributed by atoms with Crippen LogP contribution in [0.3, 0.4) is 0 Å². The van der Waals surface area contributed by atoms with E-state index in [1.807, 2.05) is 0 Å². The third-order valence-electron chi connectivity index (χ3n) is 5.11. The minimum Gasteiger partial charge on any atom is -0.381 e. The van der Waals surface area contributed by atoms with Crippen LogP contribution in [0.25, 0.3) is 0 Å². The highest BCUT2D eigenvalue weighted by molar-refractivity contribution is 5.51. The van der Waals surface area contributed by atoms with Crippen LogP contribution in [-0.4, -0.2) is 30.6 Å². The van der Waals surface area contributed by atoms with E-state index in [1.165, 1.54) is 57.4 Å². The van der Waals surface area contributed by atoms with E-state index < -0.39 is 0 Å². The fourth-order valence-electron chi connectivity index (χ4n) is 4.00. The highest BCUT2D eigenvalue weighted by Crippen LogP contribution is 2.31. The topological polar surface area (TPSA) is 15.3 Å². The Hall–Kier alpha value is -1.02. The van der Waals surface area contributed by atoms with Crippen LogP contribution in [0.2, 0.25) is 0 Å². The number of piperidine rings is 3. The summed E-state index contributed by atoms with van der Waals surface area (Å²) >= 11 is 0. The van der Waals surface area contributed by atoms with Gasteiger partial charge in [-0.3, -0.25) is 0 Å². The first-order chi connectivity index (χ1) is 8.88. The van der Waals surface area contributed by atoms with Gasteiger partial charge in [-0.05, 0) is 74.4 Å². The summed E-state index contributed by atoms with van der Waals surface area (Å²) in [4.78, 5) is 2.62. The number of aryl methyl sites for hydroxylation is 2. The van der Waals surface area contributed by atoms with E-state index in [0.717, 1.165) is 5.92 Å². The average Bonchev–Trinajstić information content (AvgIpc) is 2.87. The first-order valence-corrected chi connectivity index (χ1v) is 7.49. The van der Waals surface area contributed by atoms with E-state index in [4.69, 9.17) is 0 Å². The van der Waals surface area contributed by atoms with Gasteiger partial charge in [0, 0.05) is 18.3 Å². The fraction of sp³-hybridized carbons (Fsp3) is 0.625. The smallest absolute Gasteiger partial charge is 0.0417 e. The van der Waals surface area contributed by atoms with Gasteiger partial charge in [0.05, 0.1) is 0 Å². The van der Waals surface area contributed by atoms with Crippen LogP contribution in [-0.2, 0) is 12.8 Å². The Morgan fingerprint density at radius 1 is 1.06 bits per heavy atom. The molecule has 1 atom stereocenters. The predicted molar refractivity (Wildman–Crippen MR) is 75.0 cm³/mol. The molecule has 5 rings (SSSR count). The van der Waals surface area contributed by atoms with Gasteiger partial charge in [0.25, 0.3) is 0 Å². The molecule has 1 unspecified atom stereocenters. The molecule has 0 spiro atoms. The molecule has 3 fully saturated rings. The molecule has 1 aromatic carbocycles. The van der Waals surface area contributed by atoms with Crippen molar-refractivity contribution in [1.82, 2.24) is 4.90 Å². The maximum absolute atomic E-state index is 3.80. The third-order valence-corrected chi connectivity index (χ3v) is 5.11. The number of hydrogen-bond acceptors (Lipinski definition) is 2. The summed E-state index contributed by atoms with van der Waals surface area (Å²) in [5, 5.41) is 3.80. The van der Waals surface area contributed by atoms with E-state index in [1.54, 1.807) is 11.1 Å². The van der Waals surface area contributed by atoms with Gasteiger partial charge in [-0.25, -0.2) is 0 Å². The molecule has 0 aromatic heterocycles. The molecule has 3 aliphatic heterocycles. The largest absolute Gasteiger partial charge is 0.381 e. The zero-order valence-corrected chi connectivity index (χ0v) is 11.0. The first kappa shape index (κ1) is 10.9. The second kappa shape index (κ2) is 4.27. The molecule has 2 nitrogen and oxygen atoms in total. The van der Waals surface area contributed by atoms with Gasteiger partial charge in [-0.1, -0.05) is 6.07 Å². The van der Waals surface area contributed by atoms with E-state index in [2.05, 4.69) is 28.4 Å². The Morgan fingerprint density at radius 2 is 1.89 bits per heavy atom. The monoisotopic (exact) mass is 242 g/mol. The van der Waals surface area contributed by atoms with Gasteiger partial charge in [-0.2, -0.15) is 0 Å². The number of anilines is 1. The molecular formula is C16H22N2. The Labute approximate surface area is 109 Å². The number of rotatable bonds is 2. The van der Waals surface area contributed by atoms with Gasteiger partial charge in [0.1, 0.15) is 0 Å². The SMILES string of the molecule is c1cc2c(cc1NC1CN3CCC1CC3)CCC2. The molecule has 1 N–H and O–H groups in total. The van der Waals surface area contributed by atoms with E-state index in [0.29, 0.717) is 6.04 Å². The lowest BCUT2D eigenvalue weighted by molar-refractivity contribution is 0.0975. The second-order valence-corrected chi connectivity index (χ2v) is 6.23. The van der Waals surface area contributed by atoms with Crippen molar-refractivity contribution in [1.29, 1.82) is 0 Å². The molecule has 2 bridgehead atoms. The number of benzene rings is 1. The number of hydrogen-bond donors (Lipinski definition) is 1. The lowest BCUT2D eigenvalue weighted by atomic mass is 9.84. The van der Waals surface area contributed by atoms with Gasteiger partial charge in [0.15, 0.2) is 0 Å². The van der Waals surface area contributed by atoms with Gasteiger partial charge < -0.3 is 10.2 Å². The Kier molecular flexibility index (Phi) is 2.58. The second-order valence-electron chi connectivity index (χ2n) is 6.23. The standard InChI is InChI=1S/C16H22N2/c1-2-12-4-5-15(10-14(12)3-1)17-16-11-18-8-6-13(16)7-9-18/h4-5,10,13,16-17H,1-3,6-9,11H2. The Morgan fingerprint density at radius 3 is 2.67 bits per heavy atom. The summed E-state index contributed by atoms with van der Waals surface area (Å²) in [6.45, 7) is 3.90. The molecule has 0 amide bonds. The Balaban J connectivity index is 1.51. The molecule has 3 heterocycles. The van der Waals surface area contributed by atoms with Crippen LogP contribution in [0.4, 0.5) is 5.69 Å². The van der Waals surface area contributed by atoms with E-state index >= 15 is 0 Å². The minimum absolute atomic E-state index is 0.687. The van der Waals surface area contributed by atoms with Crippen molar-refractivity contribution in [2.75, 3.05) is 25.0 Å². The van der Waals surface area contributed by atoms with Crippen molar-refractivity contribution in [2.24, 2.45) is 5.92 Å². The van der Waals surface area contributed by atoms with Crippen LogP contribution in [0.5, 0.6) is 0 Å². The summed E-state index contributed by atoms with van der Waals surface area (Å²) < 4.78 is 0. The molecule has 1 aromatic rings. The average molecular weight is 242 g/mol. The normalized spacial score (nSPS) is 33.4. The van der Waals surface area contributed by atoms with Crippen LogP contribution in [0.1, 0.15) is 30.4 Å². The Bertz CT molecular complexity index is 446. The van der Waals surface area contributed by atoms with E-state index in [-0.39, 0.29) is 0 Å². The number of nitrogens with zero attached hydrogens (tertiary/aromatic N) is 1. The van der Waals surface area contributed by atoms with Crippen molar-refractivity contribution in [3.8, 4) is 0 Å². The summed E-state index contributed by atoms with van der Waals surface area (Å²) in [6.07, 6.45) is 6.70. The fourth-order valence-corrected chi connectivity index (χ4v) is 4.00. The number of nitrogens with one attached hydrogen (secondary N) is 1. The molecule has 2 heteroatoms. The predicted octanol–water partition coefficient (Wildman–Crippen LogP) is 2.68. The summed E-state index contributed by atoms with van der Waals surface area (Å²) in [7, 11) is 0. The summed E-state index contributed by atoms with van der Waals surface area (Å²) in [5.41, 5.74) is 4.52. The van der Waals surface area contributed by atoms with Crippen LogP contribution >= 0.6 is 0 Å². The maximum atomic E-state index is 3.80. The highest BCUT2D eigenvalue weighted by atomic mass is 15.2. The summed E-state index contributed by atoms with van der Waals surface area (Å²) in [5.74, 6) is 0.906. The molecule has 1 aliphatic carbocycles. The molecule has 0 radical (unpaired) electrons. The molecule has 4 aliphatic rings. The van der Waals surface area contributed by atoms with Gasteiger partial charge >= 0.3 is 0 Å². The third kappa shape index (κ3) is 1.83. The minimum atomic E-state index is 0.687. The van der Waals surface area contributed by atoms with Crippen molar-refractivity contribution in [3.05, 3.63) is 29.3 Å².